The van der Waals surface area contributed by atoms with Gasteiger partial charge < -0.3 is 14.8 Å². The molecule has 1 N–H and O–H groups in total. The minimum absolute atomic E-state index is 0.237. The van der Waals surface area contributed by atoms with E-state index in [1.807, 2.05) is 6.92 Å². The third kappa shape index (κ3) is 4.03. The number of benzene rings is 1. The molecule has 112 valence electrons. The number of piperidine rings is 1. The van der Waals surface area contributed by atoms with Gasteiger partial charge in [0.25, 0.3) is 0 Å². The van der Waals surface area contributed by atoms with E-state index >= 15 is 0 Å². The third-order valence-corrected chi connectivity index (χ3v) is 3.30. The van der Waals surface area contributed by atoms with Crippen molar-refractivity contribution in [3.05, 3.63) is 23.8 Å². The first-order valence-corrected chi connectivity index (χ1v) is 6.73. The van der Waals surface area contributed by atoms with E-state index < -0.39 is 6.36 Å². The number of hydrogen-bond donors (Lipinski definition) is 1. The summed E-state index contributed by atoms with van der Waals surface area (Å²) in [6.45, 7) is 4.05. The van der Waals surface area contributed by atoms with Gasteiger partial charge in [0.15, 0.2) is 0 Å². The van der Waals surface area contributed by atoms with Crippen LogP contribution in [0.25, 0.3) is 0 Å². The summed E-state index contributed by atoms with van der Waals surface area (Å²) in [5, 5.41) is 3.26. The second-order valence-corrected chi connectivity index (χ2v) is 4.70. The number of halogens is 3. The predicted molar refractivity (Wildman–Crippen MR) is 69.1 cm³/mol. The van der Waals surface area contributed by atoms with Crippen LogP contribution < -0.4 is 14.8 Å². The summed E-state index contributed by atoms with van der Waals surface area (Å²) in [4.78, 5) is 0. The number of hydrogen-bond acceptors (Lipinski definition) is 3. The Bertz CT molecular complexity index is 443. The summed E-state index contributed by atoms with van der Waals surface area (Å²) in [5.41, 5.74) is 0.961. The van der Waals surface area contributed by atoms with Crippen molar-refractivity contribution in [3.63, 3.8) is 0 Å². The smallest absolute Gasteiger partial charge is 0.493 e. The quantitative estimate of drug-likeness (QED) is 0.921. The zero-order chi connectivity index (χ0) is 14.6. The van der Waals surface area contributed by atoms with Gasteiger partial charge in [-0.25, -0.2) is 0 Å². The topological polar surface area (TPSA) is 30.5 Å². The first kappa shape index (κ1) is 15.0. The van der Waals surface area contributed by atoms with Crippen LogP contribution in [-0.2, 0) is 0 Å². The number of ether oxygens (including phenoxy) is 2. The Kier molecular flexibility index (Phi) is 4.75. The zero-order valence-electron chi connectivity index (χ0n) is 11.3. The molecule has 20 heavy (non-hydrogen) atoms. The highest BCUT2D eigenvalue weighted by Gasteiger charge is 2.31. The first-order chi connectivity index (χ1) is 9.49. The fraction of sp³-hybridized carbons (Fsp3) is 0.571. The molecule has 0 atom stereocenters. The van der Waals surface area contributed by atoms with Crippen molar-refractivity contribution in [2.75, 3.05) is 19.7 Å². The number of alkyl halides is 3. The van der Waals surface area contributed by atoms with Gasteiger partial charge in [0.2, 0.25) is 0 Å². The molecule has 1 heterocycles. The monoisotopic (exact) mass is 289 g/mol. The van der Waals surface area contributed by atoms with Gasteiger partial charge in [0.05, 0.1) is 6.61 Å². The second-order valence-electron chi connectivity index (χ2n) is 4.70. The summed E-state index contributed by atoms with van der Waals surface area (Å²) in [6, 6.07) is 4.36. The molecule has 1 fully saturated rings. The maximum absolute atomic E-state index is 12.2. The Morgan fingerprint density at radius 1 is 1.25 bits per heavy atom. The minimum Gasteiger partial charge on any atom is -0.493 e. The highest BCUT2D eigenvalue weighted by molar-refractivity contribution is 5.43. The van der Waals surface area contributed by atoms with Crippen LogP contribution >= 0.6 is 0 Å². The molecule has 6 heteroatoms. The molecule has 1 aliphatic rings. The molecule has 3 nitrogen and oxygen atoms in total. The molecule has 0 aliphatic carbocycles. The number of rotatable bonds is 4. The van der Waals surface area contributed by atoms with Gasteiger partial charge in [0, 0.05) is 6.07 Å². The van der Waals surface area contributed by atoms with Gasteiger partial charge in [0.1, 0.15) is 11.5 Å². The van der Waals surface area contributed by atoms with Crippen LogP contribution in [0.1, 0.15) is 31.2 Å². The van der Waals surface area contributed by atoms with Crippen LogP contribution in [0.15, 0.2) is 18.2 Å². The van der Waals surface area contributed by atoms with Crippen molar-refractivity contribution < 1.29 is 22.6 Å². The SMILES string of the molecule is CCOc1cc(OC(F)(F)F)ccc1C1CCNCC1. The lowest BCUT2D eigenvalue weighted by Gasteiger charge is -2.25. The first-order valence-electron chi connectivity index (χ1n) is 6.73. The summed E-state index contributed by atoms with van der Waals surface area (Å²) in [5.74, 6) is 0.567. The molecule has 1 aromatic rings. The Morgan fingerprint density at radius 2 is 1.95 bits per heavy atom. The van der Waals surface area contributed by atoms with E-state index in [4.69, 9.17) is 4.74 Å². The van der Waals surface area contributed by atoms with Crippen molar-refractivity contribution in [3.8, 4) is 11.5 Å². The lowest BCUT2D eigenvalue weighted by Crippen LogP contribution is -2.27. The highest BCUT2D eigenvalue weighted by Crippen LogP contribution is 2.36. The van der Waals surface area contributed by atoms with Crippen LogP contribution in [0, 0.1) is 0 Å². The molecular weight excluding hydrogens is 271 g/mol. The molecule has 1 aliphatic heterocycles. The Labute approximate surface area is 116 Å². The van der Waals surface area contributed by atoms with Crippen molar-refractivity contribution in [2.45, 2.75) is 32.0 Å². The number of nitrogens with one attached hydrogen (secondary N) is 1. The fourth-order valence-corrected chi connectivity index (χ4v) is 2.46. The van der Waals surface area contributed by atoms with Gasteiger partial charge in [-0.2, -0.15) is 0 Å². The lowest BCUT2D eigenvalue weighted by atomic mass is 9.89. The molecule has 0 radical (unpaired) electrons. The summed E-state index contributed by atoms with van der Waals surface area (Å²) in [7, 11) is 0. The Morgan fingerprint density at radius 3 is 2.55 bits per heavy atom. The normalized spacial score (nSPS) is 17.0. The Hall–Kier alpha value is -1.43. The van der Waals surface area contributed by atoms with E-state index in [0.717, 1.165) is 31.5 Å². The van der Waals surface area contributed by atoms with E-state index in [9.17, 15) is 13.2 Å². The largest absolute Gasteiger partial charge is 0.573 e. The van der Waals surface area contributed by atoms with Gasteiger partial charge in [-0.05, 0) is 50.4 Å². The molecule has 0 bridgehead atoms. The van der Waals surface area contributed by atoms with Crippen molar-refractivity contribution in [1.82, 2.24) is 5.32 Å². The van der Waals surface area contributed by atoms with Gasteiger partial charge in [-0.15, -0.1) is 13.2 Å². The molecule has 1 saturated heterocycles. The highest BCUT2D eigenvalue weighted by atomic mass is 19.4. The maximum atomic E-state index is 12.2. The van der Waals surface area contributed by atoms with Crippen molar-refractivity contribution in [1.29, 1.82) is 0 Å². The van der Waals surface area contributed by atoms with E-state index in [0.29, 0.717) is 18.3 Å². The summed E-state index contributed by atoms with van der Waals surface area (Å²) in [6.07, 6.45) is -2.77. The molecular formula is C14H18F3NO2. The van der Waals surface area contributed by atoms with Crippen LogP contribution in [0.5, 0.6) is 11.5 Å². The zero-order valence-corrected chi connectivity index (χ0v) is 11.3. The van der Waals surface area contributed by atoms with E-state index in [-0.39, 0.29) is 5.75 Å². The molecule has 0 aromatic heterocycles. The lowest BCUT2D eigenvalue weighted by molar-refractivity contribution is -0.274. The van der Waals surface area contributed by atoms with E-state index in [1.165, 1.54) is 12.1 Å². The minimum atomic E-state index is -4.68. The van der Waals surface area contributed by atoms with Crippen LogP contribution in [0.4, 0.5) is 13.2 Å². The average Bonchev–Trinajstić information content (AvgIpc) is 2.38. The van der Waals surface area contributed by atoms with Gasteiger partial charge in [-0.3, -0.25) is 0 Å². The molecule has 0 saturated carbocycles. The van der Waals surface area contributed by atoms with E-state index in [2.05, 4.69) is 10.1 Å². The molecule has 1 aromatic carbocycles. The molecule has 0 unspecified atom stereocenters. The molecule has 0 spiro atoms. The fourth-order valence-electron chi connectivity index (χ4n) is 2.46. The van der Waals surface area contributed by atoms with E-state index in [1.54, 1.807) is 6.07 Å². The summed E-state index contributed by atoms with van der Waals surface area (Å²) >= 11 is 0. The van der Waals surface area contributed by atoms with Crippen LogP contribution in [-0.4, -0.2) is 26.1 Å². The third-order valence-electron chi connectivity index (χ3n) is 3.30. The van der Waals surface area contributed by atoms with Gasteiger partial charge in [-0.1, -0.05) is 6.07 Å². The standard InChI is InChI=1S/C14H18F3NO2/c1-2-19-13-9-11(20-14(15,16)17)3-4-12(13)10-5-7-18-8-6-10/h3-4,9-10,18H,2,5-8H2,1H3. The summed E-state index contributed by atoms with van der Waals surface area (Å²) < 4.78 is 46.1. The van der Waals surface area contributed by atoms with Crippen LogP contribution in [0.3, 0.4) is 0 Å². The second kappa shape index (κ2) is 6.35. The predicted octanol–water partition coefficient (Wildman–Crippen LogP) is 3.45. The van der Waals surface area contributed by atoms with Crippen molar-refractivity contribution >= 4 is 0 Å². The molecule has 0 amide bonds. The van der Waals surface area contributed by atoms with Crippen molar-refractivity contribution in [2.24, 2.45) is 0 Å². The maximum Gasteiger partial charge on any atom is 0.573 e. The molecule has 2 rings (SSSR count). The van der Waals surface area contributed by atoms with Crippen LogP contribution in [0.2, 0.25) is 0 Å². The average molecular weight is 289 g/mol. The Balaban J connectivity index is 2.22. The van der Waals surface area contributed by atoms with Gasteiger partial charge >= 0.3 is 6.36 Å².